The number of benzene rings is 2. The molecule has 0 unspecified atom stereocenters. The first-order chi connectivity index (χ1) is 17.0. The normalized spacial score (nSPS) is 16.9. The van der Waals surface area contributed by atoms with Crippen molar-refractivity contribution in [2.24, 2.45) is 0 Å². The molecule has 1 aliphatic carbocycles. The lowest BCUT2D eigenvalue weighted by Gasteiger charge is -2.34. The lowest BCUT2D eigenvalue weighted by Crippen LogP contribution is -2.45. The lowest BCUT2D eigenvalue weighted by atomic mass is 9.98. The molecule has 10 heteroatoms. The summed E-state index contributed by atoms with van der Waals surface area (Å²) in [5.74, 6) is -1.79. The molecular weight excluding hydrogens is 452 g/mol. The average Bonchev–Trinajstić information content (AvgIpc) is 3.45. The smallest absolute Gasteiger partial charge is 0.412 e. The predicted molar refractivity (Wildman–Crippen MR) is 124 cm³/mol. The fraction of sp³-hybridized carbons (Fsp3) is 0.320. The number of likely N-dealkylation sites (tertiary alicyclic amines) is 1. The highest BCUT2D eigenvalue weighted by Crippen LogP contribution is 2.44. The number of aromatic nitrogens is 2. The number of carbonyl (C=O) groups is 3. The molecule has 0 bridgehead atoms. The fourth-order valence-electron chi connectivity index (χ4n) is 4.96. The van der Waals surface area contributed by atoms with Gasteiger partial charge in [-0.05, 0) is 51.8 Å². The van der Waals surface area contributed by atoms with Crippen LogP contribution >= 0.6 is 0 Å². The second-order valence-corrected chi connectivity index (χ2v) is 8.66. The van der Waals surface area contributed by atoms with Gasteiger partial charge in [-0.1, -0.05) is 48.5 Å². The van der Waals surface area contributed by atoms with Crippen molar-refractivity contribution in [2.45, 2.75) is 37.6 Å². The maximum atomic E-state index is 13.1. The Labute approximate surface area is 200 Å². The van der Waals surface area contributed by atoms with Crippen LogP contribution in [0.1, 0.15) is 53.2 Å². The summed E-state index contributed by atoms with van der Waals surface area (Å²) >= 11 is 0. The van der Waals surface area contributed by atoms with Crippen LogP contribution in [0.5, 0.6) is 0 Å². The highest BCUT2D eigenvalue weighted by atomic mass is 16.6. The second-order valence-electron chi connectivity index (χ2n) is 8.66. The van der Waals surface area contributed by atoms with Gasteiger partial charge in [0.05, 0.1) is 6.42 Å². The van der Waals surface area contributed by atoms with Crippen molar-refractivity contribution >= 4 is 23.8 Å². The summed E-state index contributed by atoms with van der Waals surface area (Å²) in [4.78, 5) is 38.4. The lowest BCUT2D eigenvalue weighted by molar-refractivity contribution is -0.138. The standard InChI is InChI=1S/C25H24N4O6/c30-21(31)13-15-7-5-6-12-29(15)24(32)22-23(28-35-27-22)26-25(33)34-14-20-18-10-3-1-8-16(18)17-9-2-4-11-19(17)20/h1-4,8-11,15,20H,5-7,12-14H2,(H,30,31)(H,26,28,33)/t15-/m0/s1. The molecule has 1 saturated heterocycles. The number of aliphatic carboxylic acids is 1. The Bertz CT molecular complexity index is 1230. The number of rotatable bonds is 6. The van der Waals surface area contributed by atoms with E-state index < -0.39 is 24.0 Å². The third-order valence-corrected chi connectivity index (χ3v) is 6.55. The van der Waals surface area contributed by atoms with Gasteiger partial charge in [0.15, 0.2) is 0 Å². The topological polar surface area (TPSA) is 135 Å². The number of nitrogens with one attached hydrogen (secondary N) is 1. The van der Waals surface area contributed by atoms with Gasteiger partial charge in [-0.25, -0.2) is 9.42 Å². The molecular formula is C25H24N4O6. The zero-order chi connectivity index (χ0) is 24.4. The first-order valence-electron chi connectivity index (χ1n) is 11.5. The van der Waals surface area contributed by atoms with Gasteiger partial charge in [0.1, 0.15) is 6.61 Å². The first-order valence-corrected chi connectivity index (χ1v) is 11.5. The number of carboxylic acid groups (broad SMARTS) is 1. The van der Waals surface area contributed by atoms with Gasteiger partial charge in [0, 0.05) is 18.5 Å². The molecule has 1 atom stereocenters. The number of piperidine rings is 1. The third kappa shape index (κ3) is 4.46. The Hall–Kier alpha value is -4.21. The maximum absolute atomic E-state index is 13.1. The van der Waals surface area contributed by atoms with Gasteiger partial charge >= 0.3 is 12.1 Å². The van der Waals surface area contributed by atoms with Crippen molar-refractivity contribution in [3.05, 3.63) is 65.4 Å². The van der Waals surface area contributed by atoms with Crippen molar-refractivity contribution in [1.29, 1.82) is 0 Å². The Morgan fingerprint density at radius 3 is 2.40 bits per heavy atom. The molecule has 180 valence electrons. The van der Waals surface area contributed by atoms with E-state index >= 15 is 0 Å². The van der Waals surface area contributed by atoms with Crippen molar-refractivity contribution in [3.63, 3.8) is 0 Å². The monoisotopic (exact) mass is 476 g/mol. The molecule has 1 aliphatic heterocycles. The highest BCUT2D eigenvalue weighted by Gasteiger charge is 2.34. The zero-order valence-corrected chi connectivity index (χ0v) is 18.8. The average molecular weight is 476 g/mol. The molecule has 2 N–H and O–H groups in total. The number of amides is 2. The number of carboxylic acids is 1. The summed E-state index contributed by atoms with van der Waals surface area (Å²) in [6.45, 7) is 0.495. The summed E-state index contributed by atoms with van der Waals surface area (Å²) in [6, 6.07) is 15.5. The van der Waals surface area contributed by atoms with Crippen LogP contribution in [0.15, 0.2) is 53.2 Å². The Morgan fingerprint density at radius 1 is 1.03 bits per heavy atom. The molecule has 5 rings (SSSR count). The summed E-state index contributed by atoms with van der Waals surface area (Å²) in [7, 11) is 0. The zero-order valence-electron chi connectivity index (χ0n) is 18.8. The minimum Gasteiger partial charge on any atom is -0.481 e. The van der Waals surface area contributed by atoms with Crippen molar-refractivity contribution in [2.75, 3.05) is 18.5 Å². The molecule has 2 amide bonds. The number of nitrogens with zero attached hydrogens (tertiary/aromatic N) is 3. The van der Waals surface area contributed by atoms with Crippen molar-refractivity contribution in [1.82, 2.24) is 15.2 Å². The van der Waals surface area contributed by atoms with E-state index in [0.29, 0.717) is 13.0 Å². The van der Waals surface area contributed by atoms with Gasteiger partial charge < -0.3 is 14.7 Å². The Kier molecular flexibility index (Phi) is 6.17. The molecule has 2 aromatic carbocycles. The SMILES string of the molecule is O=C(O)C[C@@H]1CCCCN1C(=O)c1nonc1NC(=O)OCC1c2ccccc2-c2ccccc21. The van der Waals surface area contributed by atoms with Crippen LogP contribution < -0.4 is 5.32 Å². The Morgan fingerprint density at radius 2 is 1.71 bits per heavy atom. The van der Waals surface area contributed by atoms with Crippen LogP contribution in [-0.4, -0.2) is 57.5 Å². The van der Waals surface area contributed by atoms with E-state index in [1.165, 1.54) is 4.90 Å². The van der Waals surface area contributed by atoms with Crippen LogP contribution in [0.3, 0.4) is 0 Å². The number of hydrogen-bond donors (Lipinski definition) is 2. The summed E-state index contributed by atoms with van der Waals surface area (Å²) in [5, 5.41) is 18.9. The van der Waals surface area contributed by atoms with Crippen LogP contribution in [0, 0.1) is 0 Å². The number of ether oxygens (including phenoxy) is 1. The maximum Gasteiger partial charge on any atom is 0.412 e. The van der Waals surface area contributed by atoms with Gasteiger partial charge in [-0.3, -0.25) is 14.9 Å². The van der Waals surface area contributed by atoms with E-state index in [0.717, 1.165) is 35.1 Å². The molecule has 10 nitrogen and oxygen atoms in total. The molecule has 3 aromatic rings. The minimum atomic E-state index is -0.982. The molecule has 1 fully saturated rings. The number of fused-ring (bicyclic) bond motifs is 3. The van der Waals surface area contributed by atoms with Gasteiger partial charge in [0.25, 0.3) is 5.91 Å². The van der Waals surface area contributed by atoms with Gasteiger partial charge in [-0.15, -0.1) is 0 Å². The van der Waals surface area contributed by atoms with Gasteiger partial charge in [0.2, 0.25) is 11.5 Å². The van der Waals surface area contributed by atoms with E-state index in [1.54, 1.807) is 0 Å². The van der Waals surface area contributed by atoms with E-state index in [2.05, 4.69) is 15.6 Å². The molecule has 0 saturated carbocycles. The molecule has 0 radical (unpaired) electrons. The fourth-order valence-corrected chi connectivity index (χ4v) is 4.96. The van der Waals surface area contributed by atoms with Crippen molar-refractivity contribution < 1.29 is 28.9 Å². The first kappa shape index (κ1) is 22.6. The molecule has 35 heavy (non-hydrogen) atoms. The third-order valence-electron chi connectivity index (χ3n) is 6.55. The van der Waals surface area contributed by atoms with E-state index in [-0.39, 0.29) is 30.5 Å². The number of hydrogen-bond acceptors (Lipinski definition) is 7. The highest BCUT2D eigenvalue weighted by molar-refractivity contribution is 6.00. The summed E-state index contributed by atoms with van der Waals surface area (Å²) in [6.07, 6.45) is 1.22. The molecule has 2 aliphatic rings. The summed E-state index contributed by atoms with van der Waals surface area (Å²) < 4.78 is 10.2. The van der Waals surface area contributed by atoms with E-state index in [1.807, 2.05) is 48.5 Å². The number of carbonyl (C=O) groups excluding carboxylic acids is 2. The van der Waals surface area contributed by atoms with E-state index in [4.69, 9.17) is 9.37 Å². The molecule has 2 heterocycles. The van der Waals surface area contributed by atoms with Crippen LogP contribution in [0.4, 0.5) is 10.6 Å². The largest absolute Gasteiger partial charge is 0.481 e. The van der Waals surface area contributed by atoms with Gasteiger partial charge in [-0.2, -0.15) is 0 Å². The number of anilines is 1. The Balaban J connectivity index is 1.26. The van der Waals surface area contributed by atoms with Crippen LogP contribution in [0.2, 0.25) is 0 Å². The molecule has 1 aromatic heterocycles. The quantitative estimate of drug-likeness (QED) is 0.547. The van der Waals surface area contributed by atoms with E-state index in [9.17, 15) is 19.5 Å². The minimum absolute atomic E-state index is 0.0984. The summed E-state index contributed by atoms with van der Waals surface area (Å²) in [5.41, 5.74) is 4.20. The van der Waals surface area contributed by atoms with Crippen molar-refractivity contribution in [3.8, 4) is 11.1 Å². The van der Waals surface area contributed by atoms with Crippen LogP contribution in [-0.2, 0) is 9.53 Å². The molecule has 0 spiro atoms. The predicted octanol–water partition coefficient (Wildman–Crippen LogP) is 3.90. The second kappa shape index (κ2) is 9.57. The van der Waals surface area contributed by atoms with Crippen LogP contribution in [0.25, 0.3) is 11.1 Å².